The Kier molecular flexibility index (Phi) is 3.06. The minimum absolute atomic E-state index is 0.0236. The van der Waals surface area contributed by atoms with Gasteiger partial charge in [-0.15, -0.1) is 4.68 Å². The molecule has 1 saturated heterocycles. The molecule has 0 aromatic carbocycles. The Labute approximate surface area is 118 Å². The first kappa shape index (κ1) is 14.1. The molecule has 3 heterocycles. The lowest BCUT2D eigenvalue weighted by Gasteiger charge is -2.27. The van der Waals surface area contributed by atoms with Crippen LogP contribution in [0.3, 0.4) is 0 Å². The van der Waals surface area contributed by atoms with Crippen LogP contribution < -0.4 is 16.0 Å². The summed E-state index contributed by atoms with van der Waals surface area (Å²) in [6.07, 6.45) is -1.75. The van der Waals surface area contributed by atoms with E-state index in [0.717, 1.165) is 0 Å². The highest BCUT2D eigenvalue weighted by atomic mass is 16.6. The summed E-state index contributed by atoms with van der Waals surface area (Å²) in [6.45, 7) is 0.945. The molecule has 10 nitrogen and oxygen atoms in total. The van der Waals surface area contributed by atoms with E-state index in [2.05, 4.69) is 15.1 Å². The maximum atomic E-state index is 11.7. The smallest absolute Gasteiger partial charge is 0.394 e. The summed E-state index contributed by atoms with van der Waals surface area (Å²) in [5.74, 6) is -0.0771. The van der Waals surface area contributed by atoms with Gasteiger partial charge in [-0.1, -0.05) is 0 Å². The van der Waals surface area contributed by atoms with E-state index >= 15 is 0 Å². The van der Waals surface area contributed by atoms with Gasteiger partial charge in [-0.25, -0.2) is 0 Å². The number of ether oxygens (including phenoxy) is 1. The SMILES string of the molecule is C[C@@]1(O)[C@H](O)[C@@H](CO)O[C@H]1C1C=Nc2c(=O)[nH]c(N)n[n+]21. The summed E-state index contributed by atoms with van der Waals surface area (Å²) in [5, 5.41) is 33.6. The van der Waals surface area contributed by atoms with Crippen molar-refractivity contribution in [3.63, 3.8) is 0 Å². The van der Waals surface area contributed by atoms with Gasteiger partial charge in [-0.2, -0.15) is 0 Å². The molecule has 0 saturated carbocycles. The maximum Gasteiger partial charge on any atom is 0.410 e. The highest BCUT2D eigenvalue weighted by molar-refractivity contribution is 5.67. The van der Waals surface area contributed by atoms with Gasteiger partial charge in [-0.3, -0.25) is 9.78 Å². The van der Waals surface area contributed by atoms with Crippen LogP contribution in [0.2, 0.25) is 0 Å². The molecule has 0 spiro atoms. The van der Waals surface area contributed by atoms with Crippen LogP contribution in [0.1, 0.15) is 13.0 Å². The number of H-pyrrole nitrogens is 1. The highest BCUT2D eigenvalue weighted by Gasteiger charge is 2.58. The summed E-state index contributed by atoms with van der Waals surface area (Å²) >= 11 is 0. The van der Waals surface area contributed by atoms with Crippen LogP contribution in [0, 0.1) is 0 Å². The number of aromatic amines is 1. The fraction of sp³-hybridized carbons (Fsp3) is 0.636. The van der Waals surface area contributed by atoms with Crippen LogP contribution in [0.25, 0.3) is 0 Å². The number of aromatic nitrogens is 3. The summed E-state index contributed by atoms with van der Waals surface area (Å²) in [7, 11) is 0. The van der Waals surface area contributed by atoms with Crippen molar-refractivity contribution in [2.45, 2.75) is 36.9 Å². The average molecular weight is 298 g/mol. The molecule has 0 bridgehead atoms. The number of aliphatic imine (C=N–C) groups is 1. The zero-order chi connectivity index (χ0) is 15.4. The van der Waals surface area contributed by atoms with E-state index in [4.69, 9.17) is 10.5 Å². The van der Waals surface area contributed by atoms with Gasteiger partial charge >= 0.3 is 11.4 Å². The predicted octanol–water partition coefficient (Wildman–Crippen LogP) is -3.23. The van der Waals surface area contributed by atoms with Crippen molar-refractivity contribution in [2.75, 3.05) is 12.3 Å². The molecule has 1 unspecified atom stereocenters. The van der Waals surface area contributed by atoms with Crippen LogP contribution in [0.5, 0.6) is 0 Å². The van der Waals surface area contributed by atoms with E-state index < -0.39 is 42.1 Å². The van der Waals surface area contributed by atoms with E-state index in [1.165, 1.54) is 17.8 Å². The lowest BCUT2D eigenvalue weighted by atomic mass is 9.89. The van der Waals surface area contributed by atoms with Crippen molar-refractivity contribution in [3.05, 3.63) is 10.4 Å². The second-order valence-electron chi connectivity index (χ2n) is 5.32. The fourth-order valence-corrected chi connectivity index (χ4v) is 2.72. The van der Waals surface area contributed by atoms with Crippen molar-refractivity contribution in [1.29, 1.82) is 0 Å². The molecule has 5 atom stereocenters. The first-order valence-corrected chi connectivity index (χ1v) is 6.39. The van der Waals surface area contributed by atoms with Crippen molar-refractivity contribution in [3.8, 4) is 0 Å². The van der Waals surface area contributed by atoms with Crippen molar-refractivity contribution >= 4 is 18.0 Å². The van der Waals surface area contributed by atoms with Crippen LogP contribution in [0.4, 0.5) is 11.8 Å². The van der Waals surface area contributed by atoms with Crippen molar-refractivity contribution in [1.82, 2.24) is 10.1 Å². The van der Waals surface area contributed by atoms with E-state index in [1.807, 2.05) is 0 Å². The Morgan fingerprint density at radius 3 is 2.95 bits per heavy atom. The number of aliphatic hydroxyl groups is 3. The number of rotatable bonds is 2. The number of nitrogen functional groups attached to an aromatic ring is 1. The number of hydrogen-bond acceptors (Lipinski definition) is 8. The van der Waals surface area contributed by atoms with E-state index in [0.29, 0.717) is 0 Å². The van der Waals surface area contributed by atoms with Gasteiger partial charge in [0.1, 0.15) is 23.9 Å². The van der Waals surface area contributed by atoms with Gasteiger partial charge < -0.3 is 25.8 Å². The number of hydrogen-bond donors (Lipinski definition) is 5. The van der Waals surface area contributed by atoms with Crippen LogP contribution in [0.15, 0.2) is 9.79 Å². The number of fused-ring (bicyclic) bond motifs is 1. The second kappa shape index (κ2) is 4.56. The Balaban J connectivity index is 2.02. The lowest BCUT2D eigenvalue weighted by Crippen LogP contribution is -2.57. The number of anilines is 1. The van der Waals surface area contributed by atoms with Crippen LogP contribution in [-0.2, 0) is 4.74 Å². The average Bonchev–Trinajstić information content (AvgIpc) is 2.91. The maximum absolute atomic E-state index is 11.7. The Morgan fingerprint density at radius 1 is 1.62 bits per heavy atom. The molecule has 0 amide bonds. The third-order valence-corrected chi connectivity index (χ3v) is 3.85. The van der Waals surface area contributed by atoms with Crippen LogP contribution in [-0.4, -0.2) is 62.1 Å². The summed E-state index contributed by atoms with van der Waals surface area (Å²) < 4.78 is 6.74. The van der Waals surface area contributed by atoms with Gasteiger partial charge in [0, 0.05) is 0 Å². The second-order valence-corrected chi connectivity index (χ2v) is 5.32. The first-order valence-electron chi connectivity index (χ1n) is 6.39. The van der Waals surface area contributed by atoms with E-state index in [9.17, 15) is 20.1 Å². The number of nitrogens with one attached hydrogen (secondary N) is 1. The third kappa shape index (κ3) is 1.95. The van der Waals surface area contributed by atoms with E-state index in [-0.39, 0.29) is 11.8 Å². The van der Waals surface area contributed by atoms with Gasteiger partial charge in [0.2, 0.25) is 12.0 Å². The number of aliphatic hydroxyl groups excluding tert-OH is 2. The molecule has 0 radical (unpaired) electrons. The molecular formula is C11H16N5O5+. The highest BCUT2D eigenvalue weighted by Crippen LogP contribution is 2.36. The van der Waals surface area contributed by atoms with Crippen LogP contribution >= 0.6 is 0 Å². The fourth-order valence-electron chi connectivity index (χ4n) is 2.72. The zero-order valence-corrected chi connectivity index (χ0v) is 11.2. The summed E-state index contributed by atoms with van der Waals surface area (Å²) in [6, 6.07) is -0.717. The van der Waals surface area contributed by atoms with Gasteiger partial charge in [-0.05, 0) is 17.0 Å². The number of nitrogens with zero attached hydrogens (tertiary/aromatic N) is 3. The molecular weight excluding hydrogens is 282 g/mol. The van der Waals surface area contributed by atoms with Gasteiger partial charge in [0.05, 0.1) is 6.61 Å². The molecule has 0 aliphatic carbocycles. The van der Waals surface area contributed by atoms with E-state index in [1.54, 1.807) is 0 Å². The third-order valence-electron chi connectivity index (χ3n) is 3.85. The monoisotopic (exact) mass is 298 g/mol. The molecule has 1 aromatic rings. The topological polar surface area (TPSA) is 158 Å². The molecule has 2 aliphatic rings. The zero-order valence-electron chi connectivity index (χ0n) is 11.2. The lowest BCUT2D eigenvalue weighted by molar-refractivity contribution is -0.752. The molecule has 1 fully saturated rings. The first-order chi connectivity index (χ1) is 9.86. The molecule has 21 heavy (non-hydrogen) atoms. The van der Waals surface area contributed by atoms with Crippen molar-refractivity contribution in [2.24, 2.45) is 4.99 Å². The minimum Gasteiger partial charge on any atom is -0.394 e. The molecule has 3 rings (SSSR count). The largest absolute Gasteiger partial charge is 0.410 e. The summed E-state index contributed by atoms with van der Waals surface area (Å²) in [4.78, 5) is 18.0. The van der Waals surface area contributed by atoms with Crippen molar-refractivity contribution < 1.29 is 24.7 Å². The number of nitrogens with two attached hydrogens (primary N) is 1. The normalized spacial score (nSPS) is 37.9. The quantitative estimate of drug-likeness (QED) is 0.359. The Morgan fingerprint density at radius 2 is 2.33 bits per heavy atom. The Bertz CT molecular complexity index is 657. The molecule has 1 aromatic heterocycles. The minimum atomic E-state index is -1.64. The van der Waals surface area contributed by atoms with Gasteiger partial charge in [0.25, 0.3) is 0 Å². The molecule has 114 valence electrons. The molecule has 2 aliphatic heterocycles. The Hall–Kier alpha value is -1.88. The predicted molar refractivity (Wildman–Crippen MR) is 69.0 cm³/mol. The molecule has 10 heteroatoms. The summed E-state index contributed by atoms with van der Waals surface area (Å²) in [5.41, 5.74) is 3.35. The standard InChI is InChI=1S/C11H15N5O5/c1-11(20)6(18)5(3-17)21-7(11)4-2-13-8-9(19)14-10(12)15-16(4)8/h2,4-7,17-18,20H,3H2,1H3,(H2-,12,14,15,19)/p+1/t4?,5-,6-,7+,11-/m1/s1. The van der Waals surface area contributed by atoms with Gasteiger partial charge in [0.15, 0.2) is 6.21 Å². The molecule has 6 N–H and O–H groups in total.